The van der Waals surface area contributed by atoms with Gasteiger partial charge in [0, 0.05) is 11.8 Å². The van der Waals surface area contributed by atoms with Crippen molar-refractivity contribution in [3.63, 3.8) is 0 Å². The van der Waals surface area contributed by atoms with Crippen LogP contribution in [0, 0.1) is 0 Å². The van der Waals surface area contributed by atoms with Gasteiger partial charge in [-0.25, -0.2) is 9.59 Å². The van der Waals surface area contributed by atoms with Crippen LogP contribution in [0.15, 0.2) is 11.0 Å². The highest BCUT2D eigenvalue weighted by Gasteiger charge is 2.12. The lowest BCUT2D eigenvalue weighted by atomic mass is 10.5. The number of rotatable bonds is 5. The quantitative estimate of drug-likeness (QED) is 0.517. The predicted molar refractivity (Wildman–Crippen MR) is 51.7 cm³/mol. The van der Waals surface area contributed by atoms with Gasteiger partial charge in [-0.2, -0.15) is 0 Å². The van der Waals surface area contributed by atoms with E-state index in [-0.39, 0.29) is 11.5 Å². The van der Waals surface area contributed by atoms with Crippen molar-refractivity contribution >= 4 is 23.7 Å². The van der Waals surface area contributed by atoms with Gasteiger partial charge in [0.25, 0.3) is 0 Å². The molecule has 0 aliphatic heterocycles. The van der Waals surface area contributed by atoms with Gasteiger partial charge in [0.1, 0.15) is 0 Å². The van der Waals surface area contributed by atoms with Crippen molar-refractivity contribution in [1.82, 2.24) is 0 Å². The molecule has 0 fully saturated rings. The van der Waals surface area contributed by atoms with Crippen LogP contribution in [0.1, 0.15) is 0 Å². The van der Waals surface area contributed by atoms with Gasteiger partial charge in [-0.05, 0) is 0 Å². The molecule has 0 aliphatic carbocycles. The third kappa shape index (κ3) is 4.88. The number of carbonyl (C=O) groups is 2. The average Bonchev–Trinajstić information content (AvgIpc) is 2.22. The molecule has 0 amide bonds. The summed E-state index contributed by atoms with van der Waals surface area (Å²) in [5.74, 6) is -0.928. The molecule has 0 spiro atoms. The van der Waals surface area contributed by atoms with Gasteiger partial charge in [-0.15, -0.1) is 11.8 Å². The Morgan fingerprint density at radius 1 is 1.36 bits per heavy atom. The molecule has 0 saturated heterocycles. The van der Waals surface area contributed by atoms with E-state index in [4.69, 9.17) is 5.11 Å². The van der Waals surface area contributed by atoms with E-state index >= 15 is 0 Å². The van der Waals surface area contributed by atoms with Crippen molar-refractivity contribution in [3.05, 3.63) is 11.0 Å². The molecule has 0 radical (unpaired) electrons. The van der Waals surface area contributed by atoms with Gasteiger partial charge in [0.2, 0.25) is 0 Å². The van der Waals surface area contributed by atoms with E-state index in [0.717, 1.165) is 17.8 Å². The van der Waals surface area contributed by atoms with E-state index in [0.29, 0.717) is 5.75 Å². The fraction of sp³-hybridized carbons (Fsp3) is 0.500. The van der Waals surface area contributed by atoms with Crippen LogP contribution in [-0.4, -0.2) is 43.6 Å². The molecule has 0 atom stereocenters. The first-order valence-electron chi connectivity index (χ1n) is 3.77. The van der Waals surface area contributed by atoms with Crippen LogP contribution in [0.25, 0.3) is 0 Å². The Morgan fingerprint density at radius 3 is 2.43 bits per heavy atom. The summed E-state index contributed by atoms with van der Waals surface area (Å²) in [5, 5.41) is 8.54. The Morgan fingerprint density at radius 2 is 2.00 bits per heavy atom. The predicted octanol–water partition coefficient (Wildman–Crippen LogP) is -0.0582. The van der Waals surface area contributed by atoms with E-state index in [1.807, 2.05) is 0 Å². The molecular weight excluding hydrogens is 208 g/mol. The zero-order chi connectivity index (χ0) is 11.0. The van der Waals surface area contributed by atoms with Crippen molar-refractivity contribution in [2.45, 2.75) is 0 Å². The SMILES string of the molecule is COC(=O)/C=C(\SCCO)C(=O)OC. The number of thioether (sulfide) groups is 1. The number of methoxy groups -OCH3 is 2. The standard InChI is InChI=1S/C8H12O5S/c1-12-7(10)5-6(8(11)13-2)14-4-3-9/h5,9H,3-4H2,1-2H3/b6-5-. The van der Waals surface area contributed by atoms with Crippen LogP contribution in [0.3, 0.4) is 0 Å². The Bertz CT molecular complexity index is 236. The van der Waals surface area contributed by atoms with Crippen molar-refractivity contribution in [1.29, 1.82) is 0 Å². The van der Waals surface area contributed by atoms with Gasteiger partial charge < -0.3 is 14.6 Å². The molecule has 6 heteroatoms. The first kappa shape index (κ1) is 13.0. The third-order valence-electron chi connectivity index (χ3n) is 1.19. The summed E-state index contributed by atoms with van der Waals surface area (Å²) < 4.78 is 8.79. The molecular formula is C8H12O5S. The van der Waals surface area contributed by atoms with Gasteiger partial charge in [0.15, 0.2) is 0 Å². The smallest absolute Gasteiger partial charge is 0.344 e. The number of esters is 2. The number of carbonyl (C=O) groups excluding carboxylic acids is 2. The first-order valence-corrected chi connectivity index (χ1v) is 4.75. The molecule has 0 aromatic carbocycles. The largest absolute Gasteiger partial charge is 0.466 e. The summed E-state index contributed by atoms with van der Waals surface area (Å²) in [4.78, 5) is 22.0. The Kier molecular flexibility index (Phi) is 6.87. The summed E-state index contributed by atoms with van der Waals surface area (Å²) in [5.41, 5.74) is 0. The van der Waals surface area contributed by atoms with Crippen molar-refractivity contribution in [2.75, 3.05) is 26.6 Å². The van der Waals surface area contributed by atoms with Gasteiger partial charge >= 0.3 is 11.9 Å². The number of hydrogen-bond acceptors (Lipinski definition) is 6. The van der Waals surface area contributed by atoms with E-state index < -0.39 is 11.9 Å². The first-order chi connectivity index (χ1) is 6.65. The van der Waals surface area contributed by atoms with Crippen LogP contribution in [0.4, 0.5) is 0 Å². The Labute approximate surface area is 86.1 Å². The molecule has 5 nitrogen and oxygen atoms in total. The number of ether oxygens (including phenoxy) is 2. The maximum atomic E-state index is 11.1. The third-order valence-corrected chi connectivity index (χ3v) is 2.17. The molecule has 0 heterocycles. The molecule has 0 rings (SSSR count). The van der Waals surface area contributed by atoms with Crippen LogP contribution in [0.2, 0.25) is 0 Å². The highest BCUT2D eigenvalue weighted by Crippen LogP contribution is 2.16. The minimum atomic E-state index is -0.629. The summed E-state index contributed by atoms with van der Waals surface area (Å²) in [6.45, 7) is -0.0832. The normalized spacial score (nSPS) is 10.9. The summed E-state index contributed by atoms with van der Waals surface area (Å²) in [6, 6.07) is 0. The van der Waals surface area contributed by atoms with E-state index in [2.05, 4.69) is 9.47 Å². The van der Waals surface area contributed by atoms with E-state index in [1.165, 1.54) is 14.2 Å². The Balaban J connectivity index is 4.45. The zero-order valence-corrected chi connectivity index (χ0v) is 8.80. The van der Waals surface area contributed by atoms with Crippen molar-refractivity contribution in [3.8, 4) is 0 Å². The lowest BCUT2D eigenvalue weighted by Crippen LogP contribution is -2.07. The highest BCUT2D eigenvalue weighted by molar-refractivity contribution is 8.04. The molecule has 1 N–H and O–H groups in total. The second kappa shape index (κ2) is 7.40. The molecule has 0 aromatic heterocycles. The zero-order valence-electron chi connectivity index (χ0n) is 7.98. The molecule has 0 aliphatic rings. The molecule has 80 valence electrons. The molecule has 0 aromatic rings. The number of aliphatic hydroxyl groups is 1. The summed E-state index contributed by atoms with van der Waals surface area (Å²) in [7, 11) is 2.43. The summed E-state index contributed by atoms with van der Waals surface area (Å²) in [6.07, 6.45) is 1.03. The van der Waals surface area contributed by atoms with Crippen molar-refractivity contribution < 1.29 is 24.2 Å². The lowest BCUT2D eigenvalue weighted by Gasteiger charge is -2.02. The van der Waals surface area contributed by atoms with Crippen LogP contribution in [-0.2, 0) is 19.1 Å². The van der Waals surface area contributed by atoms with Crippen LogP contribution in [0.5, 0.6) is 0 Å². The maximum Gasteiger partial charge on any atom is 0.344 e. The topological polar surface area (TPSA) is 72.8 Å². The molecule has 0 saturated carbocycles. The maximum absolute atomic E-state index is 11.1. The minimum Gasteiger partial charge on any atom is -0.466 e. The van der Waals surface area contributed by atoms with Crippen LogP contribution >= 0.6 is 11.8 Å². The molecule has 14 heavy (non-hydrogen) atoms. The van der Waals surface area contributed by atoms with Crippen LogP contribution < -0.4 is 0 Å². The van der Waals surface area contributed by atoms with E-state index in [9.17, 15) is 9.59 Å². The second-order valence-electron chi connectivity index (χ2n) is 2.10. The average molecular weight is 220 g/mol. The second-order valence-corrected chi connectivity index (χ2v) is 3.23. The Hall–Kier alpha value is -1.01. The fourth-order valence-electron chi connectivity index (χ4n) is 0.582. The number of hydrogen-bond donors (Lipinski definition) is 1. The van der Waals surface area contributed by atoms with Gasteiger partial charge in [-0.1, -0.05) is 0 Å². The summed E-state index contributed by atoms with van der Waals surface area (Å²) >= 11 is 1.03. The van der Waals surface area contributed by atoms with Gasteiger partial charge in [-0.3, -0.25) is 0 Å². The monoisotopic (exact) mass is 220 g/mol. The fourth-order valence-corrected chi connectivity index (χ4v) is 1.27. The highest BCUT2D eigenvalue weighted by atomic mass is 32.2. The van der Waals surface area contributed by atoms with Crippen molar-refractivity contribution in [2.24, 2.45) is 0 Å². The minimum absolute atomic E-state index is 0.0832. The lowest BCUT2D eigenvalue weighted by molar-refractivity contribution is -0.137. The molecule has 0 bridgehead atoms. The van der Waals surface area contributed by atoms with E-state index in [1.54, 1.807) is 0 Å². The van der Waals surface area contributed by atoms with Gasteiger partial charge in [0.05, 0.1) is 25.7 Å². The molecule has 0 unspecified atom stereocenters. The number of aliphatic hydroxyl groups excluding tert-OH is 1.